The topological polar surface area (TPSA) is 57.7 Å². The highest BCUT2D eigenvalue weighted by atomic mass is 19.1. The summed E-state index contributed by atoms with van der Waals surface area (Å²) in [5.41, 5.74) is 2.64. The number of rotatable bonds is 4. The van der Waals surface area contributed by atoms with E-state index in [-0.39, 0.29) is 12.3 Å². The van der Waals surface area contributed by atoms with E-state index >= 15 is 0 Å². The highest BCUT2D eigenvalue weighted by molar-refractivity contribution is 6.16. The number of anilines is 1. The average molecular weight is 354 g/mol. The van der Waals surface area contributed by atoms with Crippen molar-refractivity contribution < 1.29 is 18.8 Å². The van der Waals surface area contributed by atoms with Crippen LogP contribution in [0.25, 0.3) is 0 Å². The number of ketones is 1. The Morgan fingerprint density at radius 1 is 1.08 bits per heavy atom. The number of carbonyl (C=O) groups excluding carboxylic acids is 3. The van der Waals surface area contributed by atoms with Crippen LogP contribution < -0.4 is 4.90 Å². The van der Waals surface area contributed by atoms with E-state index < -0.39 is 23.8 Å². The van der Waals surface area contributed by atoms with Crippen molar-refractivity contribution in [1.29, 1.82) is 0 Å². The maximum Gasteiger partial charge on any atom is 0.332 e. The summed E-state index contributed by atoms with van der Waals surface area (Å²) in [7, 11) is 0. The van der Waals surface area contributed by atoms with Crippen LogP contribution in [0.1, 0.15) is 28.4 Å². The van der Waals surface area contributed by atoms with E-state index in [0.717, 1.165) is 16.0 Å². The van der Waals surface area contributed by atoms with E-state index in [4.69, 9.17) is 0 Å². The molecule has 26 heavy (non-hydrogen) atoms. The molecule has 1 fully saturated rings. The molecule has 0 N–H and O–H groups in total. The summed E-state index contributed by atoms with van der Waals surface area (Å²) in [6.45, 7) is 4.96. The zero-order valence-electron chi connectivity index (χ0n) is 14.8. The number of nitrogens with zero attached hydrogens (tertiary/aromatic N) is 2. The smallest absolute Gasteiger partial charge is 0.292 e. The SMILES string of the molecule is Cc1ccc(C)c(C(=O)CN2C(=O)[C@H](C)N(c3ccc(F)cc3)C2=O)c1. The van der Waals surface area contributed by atoms with Crippen molar-refractivity contribution in [2.75, 3.05) is 11.4 Å². The van der Waals surface area contributed by atoms with E-state index in [0.29, 0.717) is 11.3 Å². The summed E-state index contributed by atoms with van der Waals surface area (Å²) < 4.78 is 13.1. The summed E-state index contributed by atoms with van der Waals surface area (Å²) in [5, 5.41) is 0. The number of halogens is 1. The van der Waals surface area contributed by atoms with Gasteiger partial charge < -0.3 is 0 Å². The number of Topliss-reactive ketones (excluding diaryl/α,β-unsaturated/α-hetero) is 1. The normalized spacial score (nSPS) is 17.2. The molecule has 1 saturated heterocycles. The highest BCUT2D eigenvalue weighted by Gasteiger charge is 2.44. The molecule has 0 aromatic heterocycles. The van der Waals surface area contributed by atoms with Crippen LogP contribution in [-0.2, 0) is 4.79 Å². The lowest BCUT2D eigenvalue weighted by Crippen LogP contribution is -2.37. The van der Waals surface area contributed by atoms with E-state index in [2.05, 4.69) is 0 Å². The van der Waals surface area contributed by atoms with Crippen molar-refractivity contribution in [3.05, 3.63) is 65.0 Å². The van der Waals surface area contributed by atoms with Crippen LogP contribution in [0.4, 0.5) is 14.9 Å². The van der Waals surface area contributed by atoms with Crippen LogP contribution in [0.3, 0.4) is 0 Å². The van der Waals surface area contributed by atoms with Crippen molar-refractivity contribution in [2.45, 2.75) is 26.8 Å². The fourth-order valence-corrected chi connectivity index (χ4v) is 3.07. The Morgan fingerprint density at radius 2 is 1.73 bits per heavy atom. The lowest BCUT2D eigenvalue weighted by molar-refractivity contribution is -0.126. The molecule has 134 valence electrons. The molecule has 0 aliphatic carbocycles. The quantitative estimate of drug-likeness (QED) is 0.624. The molecular formula is C20H19FN2O3. The largest absolute Gasteiger partial charge is 0.332 e. The van der Waals surface area contributed by atoms with Gasteiger partial charge in [-0.15, -0.1) is 0 Å². The van der Waals surface area contributed by atoms with Crippen LogP contribution in [-0.4, -0.2) is 35.2 Å². The molecule has 5 nitrogen and oxygen atoms in total. The summed E-state index contributed by atoms with van der Waals surface area (Å²) in [6, 6.07) is 9.49. The van der Waals surface area contributed by atoms with Crippen molar-refractivity contribution in [2.24, 2.45) is 0 Å². The van der Waals surface area contributed by atoms with Crippen molar-refractivity contribution in [1.82, 2.24) is 4.90 Å². The molecule has 3 amide bonds. The summed E-state index contributed by atoms with van der Waals surface area (Å²) in [5.74, 6) is -1.17. The highest BCUT2D eigenvalue weighted by Crippen LogP contribution is 2.26. The number of hydrogen-bond donors (Lipinski definition) is 0. The van der Waals surface area contributed by atoms with Crippen molar-refractivity contribution in [3.63, 3.8) is 0 Å². The number of aryl methyl sites for hydroxylation is 2. The minimum atomic E-state index is -0.751. The fourth-order valence-electron chi connectivity index (χ4n) is 3.07. The molecule has 1 aliphatic rings. The number of hydrogen-bond acceptors (Lipinski definition) is 3. The van der Waals surface area contributed by atoms with Gasteiger partial charge in [0.15, 0.2) is 5.78 Å². The van der Waals surface area contributed by atoms with Gasteiger partial charge in [0.1, 0.15) is 11.9 Å². The third-order valence-electron chi connectivity index (χ3n) is 4.55. The van der Waals surface area contributed by atoms with Crippen LogP contribution in [0.2, 0.25) is 0 Å². The van der Waals surface area contributed by atoms with Crippen LogP contribution in [0, 0.1) is 19.7 Å². The van der Waals surface area contributed by atoms with E-state index in [1.54, 1.807) is 13.0 Å². The molecule has 0 unspecified atom stereocenters. The molecule has 0 radical (unpaired) electrons. The predicted octanol–water partition coefficient (Wildman–Crippen LogP) is 3.48. The van der Waals surface area contributed by atoms with Gasteiger partial charge >= 0.3 is 6.03 Å². The molecule has 0 spiro atoms. The summed E-state index contributed by atoms with van der Waals surface area (Å²) in [4.78, 5) is 40.1. The molecule has 0 bridgehead atoms. The number of carbonyl (C=O) groups is 3. The van der Waals surface area contributed by atoms with E-state index in [1.165, 1.54) is 29.2 Å². The second-order valence-electron chi connectivity index (χ2n) is 6.47. The van der Waals surface area contributed by atoms with Gasteiger partial charge in [-0.1, -0.05) is 17.7 Å². The van der Waals surface area contributed by atoms with Crippen LogP contribution in [0.15, 0.2) is 42.5 Å². The summed E-state index contributed by atoms with van der Waals surface area (Å²) in [6.07, 6.45) is 0. The predicted molar refractivity (Wildman–Crippen MR) is 95.7 cm³/mol. The number of imide groups is 1. The Kier molecular flexibility index (Phi) is 4.59. The molecule has 0 saturated carbocycles. The molecule has 6 heteroatoms. The Hall–Kier alpha value is -3.02. The molecule has 2 aromatic carbocycles. The fraction of sp³-hybridized carbons (Fsp3) is 0.250. The molecule has 1 atom stereocenters. The first kappa shape index (κ1) is 17.8. The van der Waals surface area contributed by atoms with Gasteiger partial charge in [-0.2, -0.15) is 0 Å². The Labute approximate surface area is 151 Å². The van der Waals surface area contributed by atoms with Gasteiger partial charge in [0, 0.05) is 11.3 Å². The van der Waals surface area contributed by atoms with Crippen LogP contribution in [0.5, 0.6) is 0 Å². The van der Waals surface area contributed by atoms with Gasteiger partial charge in [0.2, 0.25) is 0 Å². The van der Waals surface area contributed by atoms with Gasteiger partial charge in [-0.25, -0.2) is 9.18 Å². The number of amides is 3. The Balaban J connectivity index is 1.85. The van der Waals surface area contributed by atoms with Crippen LogP contribution >= 0.6 is 0 Å². The number of urea groups is 1. The lowest BCUT2D eigenvalue weighted by atomic mass is 10.0. The maximum atomic E-state index is 13.1. The van der Waals surface area contributed by atoms with Gasteiger partial charge in [0.25, 0.3) is 5.91 Å². The number of benzene rings is 2. The van der Waals surface area contributed by atoms with Crippen molar-refractivity contribution >= 4 is 23.4 Å². The maximum absolute atomic E-state index is 13.1. The van der Waals surface area contributed by atoms with E-state index in [9.17, 15) is 18.8 Å². The lowest BCUT2D eigenvalue weighted by Gasteiger charge is -2.19. The Bertz CT molecular complexity index is 892. The van der Waals surface area contributed by atoms with Gasteiger partial charge in [-0.3, -0.25) is 19.4 Å². The molecule has 1 aliphatic heterocycles. The van der Waals surface area contributed by atoms with Crippen molar-refractivity contribution in [3.8, 4) is 0 Å². The third-order valence-corrected chi connectivity index (χ3v) is 4.55. The minimum Gasteiger partial charge on any atom is -0.292 e. The first-order chi connectivity index (χ1) is 12.3. The molecule has 2 aromatic rings. The average Bonchev–Trinajstić information content (AvgIpc) is 2.81. The third kappa shape index (κ3) is 3.10. The minimum absolute atomic E-state index is 0.291. The molecule has 3 rings (SSSR count). The monoisotopic (exact) mass is 354 g/mol. The zero-order chi connectivity index (χ0) is 19.0. The first-order valence-corrected chi connectivity index (χ1v) is 8.30. The van der Waals surface area contributed by atoms with Gasteiger partial charge in [-0.05, 0) is 56.7 Å². The molecule has 1 heterocycles. The standard InChI is InChI=1S/C20H19FN2O3/c1-12-4-5-13(2)17(10-12)18(24)11-22-19(25)14(3)23(20(22)26)16-8-6-15(21)7-9-16/h4-10,14H,11H2,1-3H3/t14-/m0/s1. The second kappa shape index (κ2) is 6.71. The molecular weight excluding hydrogens is 335 g/mol. The second-order valence-corrected chi connectivity index (χ2v) is 6.47. The first-order valence-electron chi connectivity index (χ1n) is 8.30. The van der Waals surface area contributed by atoms with Gasteiger partial charge in [0.05, 0.1) is 6.54 Å². The summed E-state index contributed by atoms with van der Waals surface area (Å²) >= 11 is 0. The zero-order valence-corrected chi connectivity index (χ0v) is 14.8. The Morgan fingerprint density at radius 3 is 2.38 bits per heavy atom. The van der Waals surface area contributed by atoms with E-state index in [1.807, 2.05) is 26.0 Å².